The van der Waals surface area contributed by atoms with Gasteiger partial charge in [0.15, 0.2) is 5.65 Å². The van der Waals surface area contributed by atoms with Gasteiger partial charge in [-0.25, -0.2) is 9.97 Å². The predicted octanol–water partition coefficient (Wildman–Crippen LogP) is 1.58. The first-order valence-corrected chi connectivity index (χ1v) is 11.7. The van der Waals surface area contributed by atoms with E-state index in [1.54, 1.807) is 31.1 Å². The molecule has 3 N–H and O–H groups in total. The van der Waals surface area contributed by atoms with Crippen LogP contribution in [0.5, 0.6) is 0 Å². The van der Waals surface area contributed by atoms with E-state index in [-0.39, 0.29) is 24.1 Å². The number of aromatic nitrogens is 5. The first-order chi connectivity index (χ1) is 17.1. The van der Waals surface area contributed by atoms with Crippen LogP contribution in [0.4, 0.5) is 5.82 Å². The van der Waals surface area contributed by atoms with Crippen molar-refractivity contribution >= 4 is 17.4 Å². The monoisotopic (exact) mass is 477 g/mol. The number of hydrogen-bond acceptors (Lipinski definition) is 8. The number of aliphatic hydroxyl groups is 1. The van der Waals surface area contributed by atoms with E-state index in [1.165, 1.54) is 0 Å². The van der Waals surface area contributed by atoms with Crippen LogP contribution in [-0.2, 0) is 9.47 Å². The fourth-order valence-electron chi connectivity index (χ4n) is 4.93. The highest BCUT2D eigenvalue weighted by molar-refractivity contribution is 6.00. The lowest BCUT2D eigenvalue weighted by Crippen LogP contribution is -2.51. The summed E-state index contributed by atoms with van der Waals surface area (Å²) in [6.07, 6.45) is 6.49. The van der Waals surface area contributed by atoms with E-state index >= 15 is 0 Å². The zero-order valence-electron chi connectivity index (χ0n) is 19.5. The molecule has 1 unspecified atom stereocenters. The minimum atomic E-state index is -0.586. The lowest BCUT2D eigenvalue weighted by molar-refractivity contribution is 0.00732. The number of methoxy groups -OCH3 is 1. The third kappa shape index (κ3) is 3.54. The molecular formula is C24H27N7O4. The quantitative estimate of drug-likeness (QED) is 0.382. The van der Waals surface area contributed by atoms with Crippen LogP contribution in [0.3, 0.4) is 0 Å². The van der Waals surface area contributed by atoms with Gasteiger partial charge in [-0.1, -0.05) is 0 Å². The lowest BCUT2D eigenvalue weighted by Gasteiger charge is -2.35. The molecule has 3 aliphatic heterocycles. The Balaban J connectivity index is 1.39. The van der Waals surface area contributed by atoms with Crippen LogP contribution in [-0.4, -0.2) is 80.8 Å². The Morgan fingerprint density at radius 1 is 1.26 bits per heavy atom. The number of rotatable bonds is 6. The maximum atomic E-state index is 13.1. The van der Waals surface area contributed by atoms with Crippen LogP contribution in [0, 0.1) is 0 Å². The van der Waals surface area contributed by atoms with Gasteiger partial charge in [0.1, 0.15) is 23.3 Å². The van der Waals surface area contributed by atoms with E-state index in [4.69, 9.17) is 14.5 Å². The van der Waals surface area contributed by atoms with Crippen molar-refractivity contribution in [2.24, 2.45) is 0 Å². The molecule has 1 aliphatic carbocycles. The molecule has 0 aromatic carbocycles. The van der Waals surface area contributed by atoms with Crippen molar-refractivity contribution in [1.29, 1.82) is 0 Å². The minimum absolute atomic E-state index is 0.0111. The third-order valence-electron chi connectivity index (χ3n) is 7.06. The van der Waals surface area contributed by atoms with E-state index in [2.05, 4.69) is 20.7 Å². The van der Waals surface area contributed by atoms with E-state index in [0.29, 0.717) is 35.9 Å². The molecule has 1 saturated carbocycles. The summed E-state index contributed by atoms with van der Waals surface area (Å²) < 4.78 is 14.4. The molecule has 6 rings (SSSR count). The smallest absolute Gasteiger partial charge is 0.257 e. The van der Waals surface area contributed by atoms with E-state index in [0.717, 1.165) is 29.8 Å². The van der Waals surface area contributed by atoms with Crippen molar-refractivity contribution in [3.8, 4) is 22.6 Å². The van der Waals surface area contributed by atoms with Gasteiger partial charge in [-0.2, -0.15) is 9.61 Å². The number of nitrogens with one attached hydrogen (secondary N) is 2. The average Bonchev–Trinajstić information content (AvgIpc) is 3.59. The van der Waals surface area contributed by atoms with Crippen molar-refractivity contribution in [3.63, 3.8) is 0 Å². The second-order valence-electron chi connectivity index (χ2n) is 9.00. The highest BCUT2D eigenvalue weighted by Gasteiger charge is 2.33. The van der Waals surface area contributed by atoms with E-state index in [9.17, 15) is 9.90 Å². The normalized spacial score (nSPS) is 24.1. The van der Waals surface area contributed by atoms with E-state index < -0.39 is 6.10 Å². The lowest BCUT2D eigenvalue weighted by atomic mass is 9.89. The fraction of sp³-hybridized carbons (Fsp3) is 0.417. The fourth-order valence-corrected chi connectivity index (χ4v) is 4.93. The number of carbonyl (C=O) groups is 1. The number of ether oxygens (including phenoxy) is 2. The van der Waals surface area contributed by atoms with Gasteiger partial charge in [-0.3, -0.25) is 4.79 Å². The molecule has 4 aliphatic rings. The Morgan fingerprint density at radius 2 is 2.14 bits per heavy atom. The molecule has 4 atom stereocenters. The Hall–Kier alpha value is -3.54. The number of aliphatic hydroxyl groups excluding tert-OH is 1. The van der Waals surface area contributed by atoms with Crippen LogP contribution in [0.15, 0.2) is 36.8 Å². The molecule has 2 aromatic rings. The zero-order valence-corrected chi connectivity index (χ0v) is 19.5. The van der Waals surface area contributed by atoms with Crippen molar-refractivity contribution in [2.45, 2.75) is 37.1 Å². The number of carbonyl (C=O) groups excluding carboxylic acids is 1. The number of pyridine rings is 1. The SMILES string of the molecule is CNc1cc(-c2cnc3n([C@H]4COC[C@@H]4O)cccc2-3)nc2c(C(=O)NC3CC[C@@H]3OC)cnn12. The van der Waals surface area contributed by atoms with Gasteiger partial charge < -0.3 is 29.8 Å². The van der Waals surface area contributed by atoms with Gasteiger partial charge in [-0.05, 0) is 25.0 Å². The average molecular weight is 478 g/mol. The van der Waals surface area contributed by atoms with Gasteiger partial charge in [-0.15, -0.1) is 0 Å². The molecule has 1 saturated heterocycles. The van der Waals surface area contributed by atoms with Crippen molar-refractivity contribution < 1.29 is 19.4 Å². The molecule has 0 spiro atoms. The van der Waals surface area contributed by atoms with Gasteiger partial charge in [0.25, 0.3) is 5.91 Å². The first-order valence-electron chi connectivity index (χ1n) is 11.7. The first kappa shape index (κ1) is 22.0. The van der Waals surface area contributed by atoms with Crippen molar-refractivity contribution in [2.75, 3.05) is 32.7 Å². The molecule has 11 heteroatoms. The number of anilines is 1. The maximum Gasteiger partial charge on any atom is 0.257 e. The molecule has 11 nitrogen and oxygen atoms in total. The van der Waals surface area contributed by atoms with E-state index in [1.807, 2.05) is 29.0 Å². The highest BCUT2D eigenvalue weighted by atomic mass is 16.5. The van der Waals surface area contributed by atoms with Crippen LogP contribution >= 0.6 is 0 Å². The Bertz CT molecular complexity index is 1360. The van der Waals surface area contributed by atoms with Gasteiger partial charge in [0.05, 0.1) is 43.3 Å². The number of amides is 1. The predicted molar refractivity (Wildman–Crippen MR) is 128 cm³/mol. The molecule has 0 radical (unpaired) electrons. The third-order valence-corrected chi connectivity index (χ3v) is 7.06. The Morgan fingerprint density at radius 3 is 2.86 bits per heavy atom. The largest absolute Gasteiger partial charge is 0.388 e. The summed E-state index contributed by atoms with van der Waals surface area (Å²) in [5.41, 5.74) is 3.24. The summed E-state index contributed by atoms with van der Waals surface area (Å²) >= 11 is 0. The summed E-state index contributed by atoms with van der Waals surface area (Å²) in [6.45, 7) is 0.740. The number of hydrogen-bond donors (Lipinski definition) is 3. The Labute approximate surface area is 201 Å². The standard InChI is InChI=1S/C24H27N7O4/c1-25-21-8-17(14-9-26-22-13(14)4-3-7-30(22)18-11-35-12-19(18)32)28-23-15(10-27-31(21)23)24(33)29-16-5-6-20(16)34-2/h3-4,7-10,16,18-20,25,32H,5-6,11-12H2,1-2H3,(H,29,33)/t16?,18-,19-,20-/m0/s1. The Kier molecular flexibility index (Phi) is 5.39. The number of nitrogens with zero attached hydrogens (tertiary/aromatic N) is 5. The maximum absolute atomic E-state index is 13.1. The summed E-state index contributed by atoms with van der Waals surface area (Å²) in [7, 11) is 3.46. The summed E-state index contributed by atoms with van der Waals surface area (Å²) in [6, 6.07) is 5.58. The molecule has 0 bridgehead atoms. The topological polar surface area (TPSA) is 128 Å². The number of fused-ring (bicyclic) bond motifs is 2. The molecule has 2 aromatic heterocycles. The second kappa shape index (κ2) is 8.59. The molecule has 5 heterocycles. The summed E-state index contributed by atoms with van der Waals surface area (Å²) in [5, 5.41) is 20.9. The van der Waals surface area contributed by atoms with Crippen LogP contribution in [0.1, 0.15) is 29.2 Å². The molecular weight excluding hydrogens is 450 g/mol. The molecule has 35 heavy (non-hydrogen) atoms. The van der Waals surface area contributed by atoms with Crippen LogP contribution < -0.4 is 10.6 Å². The van der Waals surface area contributed by atoms with Crippen LogP contribution in [0.25, 0.3) is 28.3 Å². The minimum Gasteiger partial charge on any atom is -0.388 e. The molecule has 182 valence electrons. The molecule has 2 fully saturated rings. The second-order valence-corrected chi connectivity index (χ2v) is 9.00. The summed E-state index contributed by atoms with van der Waals surface area (Å²) in [5.74, 6) is 1.21. The molecule has 1 amide bonds. The van der Waals surface area contributed by atoms with Gasteiger partial charge in [0.2, 0.25) is 0 Å². The van der Waals surface area contributed by atoms with Crippen LogP contribution in [0.2, 0.25) is 0 Å². The highest BCUT2D eigenvalue weighted by Crippen LogP contribution is 2.36. The summed E-state index contributed by atoms with van der Waals surface area (Å²) in [4.78, 5) is 22.6. The van der Waals surface area contributed by atoms with Gasteiger partial charge >= 0.3 is 0 Å². The van der Waals surface area contributed by atoms with Crippen molar-refractivity contribution in [1.82, 2.24) is 29.5 Å². The van der Waals surface area contributed by atoms with Gasteiger partial charge in [0, 0.05) is 43.7 Å². The van der Waals surface area contributed by atoms with Crippen molar-refractivity contribution in [3.05, 3.63) is 42.4 Å². The zero-order chi connectivity index (χ0) is 24.1.